The van der Waals surface area contributed by atoms with Crippen LogP contribution in [0.1, 0.15) is 39.5 Å². The number of thioether (sulfide) groups is 1. The molecule has 0 aromatic carbocycles. The molecule has 0 aliphatic carbocycles. The SMILES string of the molecule is CCCC(CBr)(CCC)CSc1ccncc1. The van der Waals surface area contributed by atoms with Crippen molar-refractivity contribution >= 4 is 27.7 Å². The van der Waals surface area contributed by atoms with Crippen LogP contribution in [-0.2, 0) is 0 Å². The lowest BCUT2D eigenvalue weighted by molar-refractivity contribution is 0.320. The smallest absolute Gasteiger partial charge is 0.0278 e. The van der Waals surface area contributed by atoms with Crippen LogP contribution in [0.15, 0.2) is 29.4 Å². The highest BCUT2D eigenvalue weighted by atomic mass is 79.9. The second kappa shape index (κ2) is 8.15. The molecule has 0 saturated carbocycles. The second-order valence-electron chi connectivity index (χ2n) is 4.61. The fraction of sp³-hybridized carbons (Fsp3) is 0.643. The van der Waals surface area contributed by atoms with Gasteiger partial charge in [0.1, 0.15) is 0 Å². The van der Waals surface area contributed by atoms with Gasteiger partial charge in [-0.25, -0.2) is 0 Å². The van der Waals surface area contributed by atoms with E-state index in [1.165, 1.54) is 36.3 Å². The minimum atomic E-state index is 0.456. The Morgan fingerprint density at radius 1 is 1.18 bits per heavy atom. The van der Waals surface area contributed by atoms with Crippen molar-refractivity contribution < 1.29 is 0 Å². The molecular weight excluding hydrogens is 294 g/mol. The molecule has 0 amide bonds. The molecule has 0 spiro atoms. The maximum Gasteiger partial charge on any atom is 0.0278 e. The number of halogens is 1. The van der Waals surface area contributed by atoms with Crippen LogP contribution in [0, 0.1) is 5.41 Å². The van der Waals surface area contributed by atoms with Gasteiger partial charge in [-0.2, -0.15) is 0 Å². The highest BCUT2D eigenvalue weighted by Crippen LogP contribution is 2.37. The molecule has 0 unspecified atom stereocenters. The van der Waals surface area contributed by atoms with Crippen molar-refractivity contribution in [2.24, 2.45) is 5.41 Å². The van der Waals surface area contributed by atoms with Crippen LogP contribution in [0.25, 0.3) is 0 Å². The third-order valence-electron chi connectivity index (χ3n) is 3.04. The summed E-state index contributed by atoms with van der Waals surface area (Å²) in [6.07, 6.45) is 8.90. The van der Waals surface area contributed by atoms with E-state index in [1.807, 2.05) is 24.2 Å². The van der Waals surface area contributed by atoms with Crippen molar-refractivity contribution in [3.05, 3.63) is 24.5 Å². The molecule has 1 heterocycles. The Hall–Kier alpha value is -0.0200. The Balaban J connectivity index is 2.59. The van der Waals surface area contributed by atoms with E-state index in [-0.39, 0.29) is 0 Å². The number of aromatic nitrogens is 1. The van der Waals surface area contributed by atoms with Gasteiger partial charge in [0, 0.05) is 28.4 Å². The van der Waals surface area contributed by atoms with E-state index in [4.69, 9.17) is 0 Å². The molecule has 1 nitrogen and oxygen atoms in total. The molecular formula is C14H22BrNS. The second-order valence-corrected chi connectivity index (χ2v) is 6.21. The molecule has 0 aliphatic rings. The molecule has 0 saturated heterocycles. The number of hydrogen-bond donors (Lipinski definition) is 0. The molecule has 0 bridgehead atoms. The quantitative estimate of drug-likeness (QED) is 0.485. The van der Waals surface area contributed by atoms with Crippen LogP contribution >= 0.6 is 27.7 Å². The molecule has 17 heavy (non-hydrogen) atoms. The summed E-state index contributed by atoms with van der Waals surface area (Å²) in [4.78, 5) is 5.39. The van der Waals surface area contributed by atoms with E-state index in [0.717, 1.165) is 5.33 Å². The summed E-state index contributed by atoms with van der Waals surface area (Å²) in [5.74, 6) is 1.20. The fourth-order valence-electron chi connectivity index (χ4n) is 2.17. The average molecular weight is 316 g/mol. The zero-order valence-corrected chi connectivity index (χ0v) is 13.2. The third-order valence-corrected chi connectivity index (χ3v) is 5.59. The van der Waals surface area contributed by atoms with Gasteiger partial charge < -0.3 is 0 Å². The van der Waals surface area contributed by atoms with E-state index in [9.17, 15) is 0 Å². The molecule has 1 aromatic rings. The van der Waals surface area contributed by atoms with Gasteiger partial charge in [-0.1, -0.05) is 42.6 Å². The Morgan fingerprint density at radius 3 is 2.24 bits per heavy atom. The Morgan fingerprint density at radius 2 is 1.76 bits per heavy atom. The van der Waals surface area contributed by atoms with E-state index < -0.39 is 0 Å². The van der Waals surface area contributed by atoms with Crippen LogP contribution in [0.5, 0.6) is 0 Å². The van der Waals surface area contributed by atoms with E-state index in [1.54, 1.807) is 0 Å². The molecule has 0 atom stereocenters. The lowest BCUT2D eigenvalue weighted by Crippen LogP contribution is -2.25. The number of alkyl halides is 1. The zero-order valence-electron chi connectivity index (χ0n) is 10.8. The molecule has 1 aromatic heterocycles. The van der Waals surface area contributed by atoms with Gasteiger partial charge in [-0.05, 0) is 30.4 Å². The van der Waals surface area contributed by atoms with E-state index in [2.05, 4.69) is 46.9 Å². The average Bonchev–Trinajstić information content (AvgIpc) is 2.38. The lowest BCUT2D eigenvalue weighted by Gasteiger charge is -2.31. The number of hydrogen-bond acceptors (Lipinski definition) is 2. The summed E-state index contributed by atoms with van der Waals surface area (Å²) < 4.78 is 0. The largest absolute Gasteiger partial charge is 0.265 e. The van der Waals surface area contributed by atoms with Gasteiger partial charge in [0.25, 0.3) is 0 Å². The van der Waals surface area contributed by atoms with Gasteiger partial charge in [0.05, 0.1) is 0 Å². The van der Waals surface area contributed by atoms with Crippen LogP contribution in [0.2, 0.25) is 0 Å². The highest BCUT2D eigenvalue weighted by Gasteiger charge is 2.27. The summed E-state index contributed by atoms with van der Waals surface area (Å²) in [6, 6.07) is 4.20. The number of nitrogens with zero attached hydrogens (tertiary/aromatic N) is 1. The first-order valence-electron chi connectivity index (χ1n) is 6.35. The van der Waals surface area contributed by atoms with Crippen LogP contribution in [0.4, 0.5) is 0 Å². The maximum absolute atomic E-state index is 4.06. The van der Waals surface area contributed by atoms with Crippen molar-refractivity contribution in [2.75, 3.05) is 11.1 Å². The van der Waals surface area contributed by atoms with E-state index >= 15 is 0 Å². The predicted octanol–water partition coefficient (Wildman–Crippen LogP) is 5.16. The van der Waals surface area contributed by atoms with Gasteiger partial charge in [0.2, 0.25) is 0 Å². The molecule has 3 heteroatoms. The number of rotatable bonds is 8. The summed E-state index contributed by atoms with van der Waals surface area (Å²) in [5, 5.41) is 1.11. The number of pyridine rings is 1. The normalized spacial score (nSPS) is 11.7. The van der Waals surface area contributed by atoms with Crippen LogP contribution < -0.4 is 0 Å². The molecule has 0 aliphatic heterocycles. The highest BCUT2D eigenvalue weighted by molar-refractivity contribution is 9.09. The lowest BCUT2D eigenvalue weighted by atomic mass is 9.83. The predicted molar refractivity (Wildman–Crippen MR) is 81.0 cm³/mol. The van der Waals surface area contributed by atoms with Gasteiger partial charge in [-0.3, -0.25) is 4.98 Å². The molecule has 0 radical (unpaired) electrons. The first kappa shape index (κ1) is 15.0. The molecule has 96 valence electrons. The van der Waals surface area contributed by atoms with Gasteiger partial charge >= 0.3 is 0 Å². The minimum Gasteiger partial charge on any atom is -0.265 e. The third kappa shape index (κ3) is 5.01. The van der Waals surface area contributed by atoms with Crippen molar-refractivity contribution in [3.8, 4) is 0 Å². The maximum atomic E-state index is 4.06. The van der Waals surface area contributed by atoms with Gasteiger partial charge in [0.15, 0.2) is 0 Å². The van der Waals surface area contributed by atoms with Crippen molar-refractivity contribution in [1.82, 2.24) is 4.98 Å². The van der Waals surface area contributed by atoms with Crippen molar-refractivity contribution in [1.29, 1.82) is 0 Å². The fourth-order valence-corrected chi connectivity index (χ4v) is 4.37. The summed E-state index contributed by atoms with van der Waals surface area (Å²) in [6.45, 7) is 4.56. The standard InChI is InChI=1S/C14H22BrNS/c1-3-7-14(11-15,8-4-2)12-17-13-5-9-16-10-6-13/h5-6,9-10H,3-4,7-8,11-12H2,1-2H3. The van der Waals surface area contributed by atoms with E-state index in [0.29, 0.717) is 5.41 Å². The summed E-state index contributed by atoms with van der Waals surface area (Å²) in [5.41, 5.74) is 0.456. The topological polar surface area (TPSA) is 12.9 Å². The molecule has 0 N–H and O–H groups in total. The van der Waals surface area contributed by atoms with Crippen molar-refractivity contribution in [3.63, 3.8) is 0 Å². The Labute approximate surface area is 118 Å². The summed E-state index contributed by atoms with van der Waals surface area (Å²) >= 11 is 5.68. The zero-order chi connectivity index (χ0) is 12.6. The van der Waals surface area contributed by atoms with Crippen LogP contribution in [0.3, 0.4) is 0 Å². The first-order chi connectivity index (χ1) is 8.26. The Kier molecular flexibility index (Phi) is 7.21. The van der Waals surface area contributed by atoms with Crippen LogP contribution in [-0.4, -0.2) is 16.1 Å². The molecule has 0 fully saturated rings. The monoisotopic (exact) mass is 315 g/mol. The minimum absolute atomic E-state index is 0.456. The van der Waals surface area contributed by atoms with Crippen molar-refractivity contribution in [2.45, 2.75) is 44.4 Å². The molecule has 1 rings (SSSR count). The Bertz CT molecular complexity index is 296. The first-order valence-corrected chi connectivity index (χ1v) is 8.46. The van der Waals surface area contributed by atoms with Gasteiger partial charge in [-0.15, -0.1) is 11.8 Å². The summed E-state index contributed by atoms with van der Waals surface area (Å²) in [7, 11) is 0.